The van der Waals surface area contributed by atoms with Gasteiger partial charge in [-0.1, -0.05) is 35.4 Å². The first-order valence-corrected chi connectivity index (χ1v) is 9.70. The third-order valence-corrected chi connectivity index (χ3v) is 5.48. The average Bonchev–Trinajstić information content (AvgIpc) is 3.19. The second kappa shape index (κ2) is 8.51. The van der Waals surface area contributed by atoms with Crippen molar-refractivity contribution in [2.45, 2.75) is 38.8 Å². The van der Waals surface area contributed by atoms with E-state index < -0.39 is 0 Å². The standard InChI is InChI=1S/C12H22N8S2/c1-3-9-15-11(19-17-9)7(13)5-21-22-6-8(14)12-16-10(4-2)18-20-12/h7-8H,3-6,13-14H2,1-2H3,(H,15,17,19)(H,16,18,20)/t7-,8-/m0/s1. The lowest BCUT2D eigenvalue weighted by Crippen LogP contribution is -2.16. The lowest BCUT2D eigenvalue weighted by atomic mass is 10.3. The Kier molecular flexibility index (Phi) is 6.68. The van der Waals surface area contributed by atoms with Crippen LogP contribution in [0.1, 0.15) is 49.2 Å². The fraction of sp³-hybridized carbons (Fsp3) is 0.667. The summed E-state index contributed by atoms with van der Waals surface area (Å²) in [6, 6.07) is -0.360. The van der Waals surface area contributed by atoms with Crippen molar-refractivity contribution in [3.8, 4) is 0 Å². The number of hydrogen-bond acceptors (Lipinski definition) is 8. The van der Waals surface area contributed by atoms with Crippen LogP contribution in [-0.4, -0.2) is 41.9 Å². The van der Waals surface area contributed by atoms with Crippen LogP contribution in [0.5, 0.6) is 0 Å². The van der Waals surface area contributed by atoms with Crippen molar-refractivity contribution in [3.63, 3.8) is 0 Å². The first kappa shape index (κ1) is 17.3. The molecular weight excluding hydrogens is 320 g/mol. The topological polar surface area (TPSA) is 135 Å². The van der Waals surface area contributed by atoms with Crippen LogP contribution >= 0.6 is 21.6 Å². The van der Waals surface area contributed by atoms with Crippen LogP contribution in [0.15, 0.2) is 0 Å². The smallest absolute Gasteiger partial charge is 0.168 e. The molecule has 0 spiro atoms. The van der Waals surface area contributed by atoms with Crippen molar-refractivity contribution < 1.29 is 0 Å². The molecule has 0 aromatic carbocycles. The molecular formula is C12H22N8S2. The second-order valence-electron chi connectivity index (χ2n) is 4.77. The fourth-order valence-corrected chi connectivity index (χ4v) is 3.90. The molecule has 8 nitrogen and oxygen atoms in total. The molecule has 0 aliphatic heterocycles. The maximum Gasteiger partial charge on any atom is 0.168 e. The molecule has 0 aliphatic rings. The molecule has 2 atom stereocenters. The summed E-state index contributed by atoms with van der Waals surface area (Å²) in [6.07, 6.45) is 1.65. The van der Waals surface area contributed by atoms with Gasteiger partial charge >= 0.3 is 0 Å². The molecule has 2 aromatic heterocycles. The van der Waals surface area contributed by atoms with E-state index in [1.807, 2.05) is 13.8 Å². The average molecular weight is 342 g/mol. The number of hydrogen-bond donors (Lipinski definition) is 4. The minimum absolute atomic E-state index is 0.180. The van der Waals surface area contributed by atoms with Crippen molar-refractivity contribution in [3.05, 3.63) is 23.3 Å². The molecule has 0 fully saturated rings. The summed E-state index contributed by atoms with van der Waals surface area (Å²) in [7, 11) is 3.32. The van der Waals surface area contributed by atoms with Crippen molar-refractivity contribution >= 4 is 21.6 Å². The summed E-state index contributed by atoms with van der Waals surface area (Å²) >= 11 is 0. The molecule has 0 saturated heterocycles. The van der Waals surface area contributed by atoms with Crippen LogP contribution in [0.2, 0.25) is 0 Å². The largest absolute Gasteiger partial charge is 0.321 e. The number of nitrogens with one attached hydrogen (secondary N) is 2. The zero-order valence-corrected chi connectivity index (χ0v) is 14.4. The molecule has 2 rings (SSSR count). The zero-order valence-electron chi connectivity index (χ0n) is 12.7. The Morgan fingerprint density at radius 2 is 1.27 bits per heavy atom. The van der Waals surface area contributed by atoms with Crippen LogP contribution in [-0.2, 0) is 12.8 Å². The summed E-state index contributed by atoms with van der Waals surface area (Å²) < 4.78 is 0. The predicted octanol–water partition coefficient (Wildman–Crippen LogP) is 1.13. The number of aromatic amines is 2. The van der Waals surface area contributed by atoms with E-state index in [2.05, 4.69) is 30.4 Å². The lowest BCUT2D eigenvalue weighted by molar-refractivity contribution is 0.754. The minimum atomic E-state index is -0.180. The molecule has 2 heterocycles. The summed E-state index contributed by atoms with van der Waals surface area (Å²) in [5.41, 5.74) is 12.1. The van der Waals surface area contributed by atoms with Crippen molar-refractivity contribution in [1.29, 1.82) is 0 Å². The molecule has 22 heavy (non-hydrogen) atoms. The van der Waals surface area contributed by atoms with Crippen molar-refractivity contribution in [2.24, 2.45) is 11.5 Å². The van der Waals surface area contributed by atoms with Gasteiger partial charge in [0.05, 0.1) is 12.1 Å². The van der Waals surface area contributed by atoms with E-state index in [-0.39, 0.29) is 12.1 Å². The van der Waals surface area contributed by atoms with E-state index >= 15 is 0 Å². The summed E-state index contributed by atoms with van der Waals surface area (Å²) in [5, 5.41) is 14.0. The molecule has 0 unspecified atom stereocenters. The first-order chi connectivity index (χ1) is 10.6. The van der Waals surface area contributed by atoms with Crippen LogP contribution in [0.4, 0.5) is 0 Å². The number of H-pyrrole nitrogens is 2. The normalized spacial score (nSPS) is 14.2. The maximum absolute atomic E-state index is 6.07. The third-order valence-electron chi connectivity index (χ3n) is 3.01. The summed E-state index contributed by atoms with van der Waals surface area (Å²) in [6.45, 7) is 4.05. The third kappa shape index (κ3) is 4.70. The van der Waals surface area contributed by atoms with Crippen LogP contribution < -0.4 is 11.5 Å². The van der Waals surface area contributed by atoms with Crippen molar-refractivity contribution in [2.75, 3.05) is 11.5 Å². The molecule has 0 aliphatic carbocycles. The van der Waals surface area contributed by atoms with Gasteiger partial charge in [0.15, 0.2) is 11.6 Å². The molecule has 0 bridgehead atoms. The summed E-state index contributed by atoms with van der Waals surface area (Å²) in [4.78, 5) is 8.68. The van der Waals surface area contributed by atoms with E-state index in [9.17, 15) is 0 Å². The van der Waals surface area contributed by atoms with Gasteiger partial charge in [0, 0.05) is 24.3 Å². The number of aryl methyl sites for hydroxylation is 2. The number of nitrogens with two attached hydrogens (primary N) is 2. The highest BCUT2D eigenvalue weighted by atomic mass is 33.1. The van der Waals surface area contributed by atoms with Gasteiger partial charge in [-0.3, -0.25) is 10.2 Å². The second-order valence-corrected chi connectivity index (χ2v) is 7.32. The van der Waals surface area contributed by atoms with Crippen LogP contribution in [0.25, 0.3) is 0 Å². The quantitative estimate of drug-likeness (QED) is 0.393. The molecule has 6 N–H and O–H groups in total. The summed E-state index contributed by atoms with van der Waals surface area (Å²) in [5.74, 6) is 4.51. The Morgan fingerprint density at radius 3 is 1.59 bits per heavy atom. The molecule has 0 saturated carbocycles. The SMILES string of the molecule is CCc1nc([C@@H](N)CSSC[C@H](N)c2n[nH]c(CC)n2)n[nH]1. The van der Waals surface area contributed by atoms with Gasteiger partial charge in [-0.15, -0.1) is 0 Å². The molecule has 10 heteroatoms. The highest BCUT2D eigenvalue weighted by Gasteiger charge is 2.15. The number of nitrogens with zero attached hydrogens (tertiary/aromatic N) is 4. The molecule has 2 aromatic rings. The molecule has 122 valence electrons. The van der Waals surface area contributed by atoms with Gasteiger partial charge in [0.2, 0.25) is 0 Å². The Labute approximate surface area is 137 Å². The number of aromatic nitrogens is 6. The van der Waals surface area contributed by atoms with Crippen LogP contribution in [0, 0.1) is 0 Å². The van der Waals surface area contributed by atoms with Gasteiger partial charge in [0.1, 0.15) is 11.6 Å². The van der Waals surface area contributed by atoms with Gasteiger partial charge in [-0.05, 0) is 0 Å². The first-order valence-electron chi connectivity index (χ1n) is 7.21. The van der Waals surface area contributed by atoms with E-state index in [0.29, 0.717) is 11.6 Å². The lowest BCUT2D eigenvalue weighted by Gasteiger charge is -2.09. The highest BCUT2D eigenvalue weighted by Crippen LogP contribution is 2.28. The van der Waals surface area contributed by atoms with Crippen molar-refractivity contribution in [1.82, 2.24) is 30.4 Å². The van der Waals surface area contributed by atoms with Gasteiger partial charge < -0.3 is 11.5 Å². The van der Waals surface area contributed by atoms with Crippen LogP contribution in [0.3, 0.4) is 0 Å². The Hall–Kier alpha value is -1.10. The molecule has 0 amide bonds. The van der Waals surface area contributed by atoms with Gasteiger partial charge in [0.25, 0.3) is 0 Å². The Morgan fingerprint density at radius 1 is 0.864 bits per heavy atom. The molecule has 0 radical (unpaired) electrons. The maximum atomic E-state index is 6.07. The zero-order chi connectivity index (χ0) is 15.9. The van der Waals surface area contributed by atoms with E-state index in [1.54, 1.807) is 21.6 Å². The van der Waals surface area contributed by atoms with Gasteiger partial charge in [-0.2, -0.15) is 10.2 Å². The fourth-order valence-electron chi connectivity index (χ4n) is 1.66. The number of rotatable bonds is 9. The van der Waals surface area contributed by atoms with E-state index in [4.69, 9.17) is 11.5 Å². The van der Waals surface area contributed by atoms with E-state index in [0.717, 1.165) is 36.0 Å². The predicted molar refractivity (Wildman–Crippen MR) is 90.3 cm³/mol. The monoisotopic (exact) mass is 342 g/mol. The highest BCUT2D eigenvalue weighted by molar-refractivity contribution is 8.76. The Balaban J connectivity index is 1.69. The minimum Gasteiger partial charge on any atom is -0.321 e. The van der Waals surface area contributed by atoms with Gasteiger partial charge in [-0.25, -0.2) is 9.97 Å². The Bertz CT molecular complexity index is 519. The van der Waals surface area contributed by atoms with E-state index in [1.165, 1.54) is 0 Å².